The third-order valence-electron chi connectivity index (χ3n) is 5.03. The summed E-state index contributed by atoms with van der Waals surface area (Å²) < 4.78 is 82.5. The first-order valence-electron chi connectivity index (χ1n) is 9.55. The van der Waals surface area contributed by atoms with Gasteiger partial charge in [-0.1, -0.05) is 60.7 Å². The van der Waals surface area contributed by atoms with Crippen molar-refractivity contribution in [1.82, 2.24) is 4.98 Å². The number of nitrogens with zero attached hydrogens (tertiary/aromatic N) is 1. The lowest BCUT2D eigenvalue weighted by atomic mass is 9.86. The van der Waals surface area contributed by atoms with Gasteiger partial charge in [0, 0.05) is 11.8 Å². The van der Waals surface area contributed by atoms with Gasteiger partial charge in [-0.3, -0.25) is 4.98 Å². The van der Waals surface area contributed by atoms with E-state index >= 15 is 0 Å². The van der Waals surface area contributed by atoms with Gasteiger partial charge in [0.1, 0.15) is 0 Å². The summed E-state index contributed by atoms with van der Waals surface area (Å²) in [6.45, 7) is 0. The summed E-state index contributed by atoms with van der Waals surface area (Å²) in [6.07, 6.45) is -7.84. The van der Waals surface area contributed by atoms with Gasteiger partial charge in [0.05, 0.1) is 16.8 Å². The minimum Gasteiger partial charge on any atom is -0.256 e. The van der Waals surface area contributed by atoms with Crippen LogP contribution < -0.4 is 0 Å². The van der Waals surface area contributed by atoms with Crippen molar-refractivity contribution in [1.29, 1.82) is 0 Å². The molecule has 4 rings (SSSR count). The molecular weight excluding hydrogens is 428 g/mol. The van der Waals surface area contributed by atoms with E-state index in [1.807, 2.05) is 0 Å². The molecule has 1 aromatic heterocycles. The minimum atomic E-state index is -4.64. The number of benzene rings is 3. The van der Waals surface area contributed by atoms with E-state index in [1.54, 1.807) is 18.2 Å². The van der Waals surface area contributed by atoms with Crippen molar-refractivity contribution >= 4 is 0 Å². The van der Waals surface area contributed by atoms with E-state index in [0.717, 1.165) is 12.1 Å². The van der Waals surface area contributed by atoms with Crippen LogP contribution in [-0.4, -0.2) is 4.98 Å². The smallest absolute Gasteiger partial charge is 0.256 e. The minimum absolute atomic E-state index is 0.132. The monoisotopic (exact) mass is 443 g/mol. The highest BCUT2D eigenvalue weighted by Gasteiger charge is 2.36. The highest BCUT2D eigenvalue weighted by atomic mass is 19.4. The van der Waals surface area contributed by atoms with Gasteiger partial charge in [0.25, 0.3) is 0 Å². The molecule has 0 unspecified atom stereocenters. The SMILES string of the molecule is FC(F)(F)c1ccccc1-c1cccc(-c2ccccc2C(F)(F)F)c1-c1ccccn1. The van der Waals surface area contributed by atoms with Crippen molar-refractivity contribution in [2.75, 3.05) is 0 Å². The van der Waals surface area contributed by atoms with Crippen molar-refractivity contribution in [3.05, 3.63) is 102 Å². The molecule has 0 aliphatic heterocycles. The Morgan fingerprint density at radius 1 is 0.469 bits per heavy atom. The van der Waals surface area contributed by atoms with E-state index in [0.29, 0.717) is 0 Å². The van der Waals surface area contributed by atoms with Crippen LogP contribution in [0.1, 0.15) is 11.1 Å². The summed E-state index contributed by atoms with van der Waals surface area (Å²) in [6, 6.07) is 19.2. The Kier molecular flexibility index (Phi) is 5.50. The Balaban J connectivity index is 2.10. The second kappa shape index (κ2) is 8.15. The van der Waals surface area contributed by atoms with Crippen molar-refractivity contribution in [2.24, 2.45) is 0 Å². The summed E-state index contributed by atoms with van der Waals surface area (Å²) in [5.41, 5.74) is -1.26. The molecule has 0 aliphatic rings. The molecule has 0 saturated heterocycles. The fourth-order valence-electron chi connectivity index (χ4n) is 3.72. The van der Waals surface area contributed by atoms with Crippen LogP contribution in [0.25, 0.3) is 33.5 Å². The quantitative estimate of drug-likeness (QED) is 0.291. The molecule has 0 N–H and O–H groups in total. The standard InChI is InChI=1S/C25H15F6N/c26-24(27,28)20-12-3-1-8-16(20)18-10-7-11-19(23(18)22-14-5-6-15-32-22)17-9-2-4-13-21(17)25(29,30)31/h1-15H. The predicted molar refractivity (Wildman–Crippen MR) is 111 cm³/mol. The summed E-state index contributed by atoms with van der Waals surface area (Å²) in [7, 11) is 0. The molecule has 1 heterocycles. The van der Waals surface area contributed by atoms with Crippen molar-refractivity contribution in [3.8, 4) is 33.5 Å². The first-order chi connectivity index (χ1) is 15.2. The molecule has 7 heteroatoms. The van der Waals surface area contributed by atoms with Crippen molar-refractivity contribution in [2.45, 2.75) is 12.4 Å². The van der Waals surface area contributed by atoms with Crippen molar-refractivity contribution in [3.63, 3.8) is 0 Å². The number of hydrogen-bond acceptors (Lipinski definition) is 1. The number of rotatable bonds is 3. The van der Waals surface area contributed by atoms with Gasteiger partial charge in [0.15, 0.2) is 0 Å². The first kappa shape index (κ1) is 21.6. The van der Waals surface area contributed by atoms with Crippen molar-refractivity contribution < 1.29 is 26.3 Å². The Bertz CT molecular complexity index is 1170. The molecule has 0 bridgehead atoms. The Hall–Kier alpha value is -3.61. The summed E-state index contributed by atoms with van der Waals surface area (Å²) >= 11 is 0. The average Bonchev–Trinajstić information content (AvgIpc) is 2.78. The van der Waals surface area contributed by atoms with Gasteiger partial charge in [-0.05, 0) is 46.5 Å². The Labute approximate surface area is 180 Å². The maximum absolute atomic E-state index is 13.7. The predicted octanol–water partition coefficient (Wildman–Crippen LogP) is 8.12. The molecule has 1 nitrogen and oxygen atoms in total. The molecule has 32 heavy (non-hydrogen) atoms. The van der Waals surface area contributed by atoms with Crippen LogP contribution in [0.15, 0.2) is 91.1 Å². The molecule has 162 valence electrons. The van der Waals surface area contributed by atoms with Gasteiger partial charge in [-0.2, -0.15) is 26.3 Å². The van der Waals surface area contributed by atoms with Gasteiger partial charge in [-0.25, -0.2) is 0 Å². The van der Waals surface area contributed by atoms with E-state index in [4.69, 9.17) is 0 Å². The second-order valence-corrected chi connectivity index (χ2v) is 7.03. The molecule has 0 fully saturated rings. The molecule has 3 aromatic carbocycles. The molecule has 0 radical (unpaired) electrons. The van der Waals surface area contributed by atoms with Gasteiger partial charge >= 0.3 is 12.4 Å². The fourth-order valence-corrected chi connectivity index (χ4v) is 3.72. The van der Waals surface area contributed by atoms with Crippen LogP contribution in [0.2, 0.25) is 0 Å². The number of pyridine rings is 1. The topological polar surface area (TPSA) is 12.9 Å². The molecule has 0 spiro atoms. The molecule has 0 aliphatic carbocycles. The summed E-state index contributed by atoms with van der Waals surface area (Å²) in [5.74, 6) is 0. The fraction of sp³-hybridized carbons (Fsp3) is 0.0800. The van der Waals surface area contributed by atoms with Crippen LogP contribution in [0.3, 0.4) is 0 Å². The third kappa shape index (κ3) is 4.10. The normalized spacial score (nSPS) is 12.1. The number of alkyl halides is 6. The van der Waals surface area contributed by atoms with E-state index in [-0.39, 0.29) is 33.5 Å². The second-order valence-electron chi connectivity index (χ2n) is 7.03. The Morgan fingerprint density at radius 2 is 0.906 bits per heavy atom. The zero-order valence-electron chi connectivity index (χ0n) is 16.4. The van der Waals surface area contributed by atoms with Gasteiger partial charge in [0.2, 0.25) is 0 Å². The van der Waals surface area contributed by atoms with E-state index in [2.05, 4.69) is 4.98 Å². The number of hydrogen-bond donors (Lipinski definition) is 0. The lowest BCUT2D eigenvalue weighted by molar-refractivity contribution is -0.137. The van der Waals surface area contributed by atoms with Crippen LogP contribution in [0.4, 0.5) is 26.3 Å². The molecule has 0 atom stereocenters. The van der Waals surface area contributed by atoms with E-state index < -0.39 is 23.5 Å². The summed E-state index contributed by atoms with van der Waals surface area (Å²) in [4.78, 5) is 4.24. The van der Waals surface area contributed by atoms with Crippen LogP contribution in [-0.2, 0) is 12.4 Å². The van der Waals surface area contributed by atoms with Crippen LogP contribution in [0, 0.1) is 0 Å². The molecule has 4 aromatic rings. The maximum atomic E-state index is 13.7. The zero-order valence-corrected chi connectivity index (χ0v) is 16.4. The lowest BCUT2D eigenvalue weighted by Crippen LogP contribution is -2.09. The van der Waals surface area contributed by atoms with E-state index in [9.17, 15) is 26.3 Å². The highest BCUT2D eigenvalue weighted by molar-refractivity contribution is 5.94. The molecule has 0 amide bonds. The Morgan fingerprint density at radius 3 is 1.34 bits per heavy atom. The lowest BCUT2D eigenvalue weighted by Gasteiger charge is -2.20. The third-order valence-corrected chi connectivity index (χ3v) is 5.03. The highest BCUT2D eigenvalue weighted by Crippen LogP contribution is 2.46. The van der Waals surface area contributed by atoms with Gasteiger partial charge < -0.3 is 0 Å². The van der Waals surface area contributed by atoms with Crippen LogP contribution >= 0.6 is 0 Å². The number of aromatic nitrogens is 1. The number of halogens is 6. The zero-order chi connectivity index (χ0) is 22.9. The molecule has 0 saturated carbocycles. The van der Waals surface area contributed by atoms with E-state index in [1.165, 1.54) is 60.8 Å². The molecular formula is C25H15F6N. The average molecular weight is 443 g/mol. The largest absolute Gasteiger partial charge is 0.417 e. The summed E-state index contributed by atoms with van der Waals surface area (Å²) in [5, 5.41) is 0. The maximum Gasteiger partial charge on any atom is 0.417 e. The van der Waals surface area contributed by atoms with Gasteiger partial charge in [-0.15, -0.1) is 0 Å². The van der Waals surface area contributed by atoms with Crippen LogP contribution in [0.5, 0.6) is 0 Å². The first-order valence-corrected chi connectivity index (χ1v) is 9.55.